The van der Waals surface area contributed by atoms with Crippen molar-refractivity contribution in [3.8, 4) is 5.75 Å². The normalized spacial score (nSPS) is 12.7. The SMILES string of the molecule is CC(c1ccccc1OCCCN(C)S(=O)(=O)c1ccc(Cl)c(Cl)c1)N(c1cc(F)ccc1F)S(=O)(=O)c1ccc(Cl)cc1. The third-order valence-electron chi connectivity index (χ3n) is 6.71. The molecular formula is C30H27Cl3F2N2O5S2. The molecule has 234 valence electrons. The van der Waals surface area contributed by atoms with E-state index in [0.29, 0.717) is 10.6 Å². The Labute approximate surface area is 270 Å². The van der Waals surface area contributed by atoms with Crippen molar-refractivity contribution >= 4 is 60.5 Å². The molecule has 0 N–H and O–H groups in total. The van der Waals surface area contributed by atoms with Crippen LogP contribution in [-0.2, 0) is 20.0 Å². The standard InChI is InChI=1S/C30H27Cl3F2N2O5S2/c1-20(37(29-18-22(34)10-15-28(29)35)44(40,41)23-11-8-21(31)9-12-23)25-6-3-4-7-30(25)42-17-5-16-36(2)43(38,39)24-13-14-26(32)27(33)19-24/h3-4,6-15,18-20H,5,16-17H2,1-2H3. The number of rotatable bonds is 12. The number of para-hydroxylation sites is 1. The van der Waals surface area contributed by atoms with Crippen molar-refractivity contribution in [3.63, 3.8) is 0 Å². The highest BCUT2D eigenvalue weighted by atomic mass is 35.5. The summed E-state index contributed by atoms with van der Waals surface area (Å²) in [7, 11) is -6.87. The predicted octanol–water partition coefficient (Wildman–Crippen LogP) is 7.97. The van der Waals surface area contributed by atoms with Crippen molar-refractivity contribution in [2.75, 3.05) is 24.5 Å². The number of anilines is 1. The molecule has 0 saturated heterocycles. The van der Waals surface area contributed by atoms with Crippen LogP contribution in [0.2, 0.25) is 15.1 Å². The van der Waals surface area contributed by atoms with Crippen LogP contribution in [0.25, 0.3) is 0 Å². The number of nitrogens with zero attached hydrogens (tertiary/aromatic N) is 2. The van der Waals surface area contributed by atoms with Crippen LogP contribution in [0.5, 0.6) is 5.75 Å². The quantitative estimate of drug-likeness (QED) is 0.140. The number of hydrogen-bond donors (Lipinski definition) is 0. The fraction of sp³-hybridized carbons (Fsp3) is 0.200. The lowest BCUT2D eigenvalue weighted by Crippen LogP contribution is -2.34. The molecule has 14 heteroatoms. The zero-order valence-electron chi connectivity index (χ0n) is 23.4. The van der Waals surface area contributed by atoms with Crippen molar-refractivity contribution in [2.45, 2.75) is 29.2 Å². The Kier molecular flexibility index (Phi) is 10.8. The second kappa shape index (κ2) is 14.0. The van der Waals surface area contributed by atoms with E-state index in [2.05, 4.69) is 0 Å². The summed E-state index contributed by atoms with van der Waals surface area (Å²) in [5.41, 5.74) is -0.123. The molecule has 0 fully saturated rings. The van der Waals surface area contributed by atoms with Gasteiger partial charge in [0, 0.05) is 30.2 Å². The van der Waals surface area contributed by atoms with Gasteiger partial charge < -0.3 is 4.74 Å². The molecule has 0 aliphatic carbocycles. The molecule has 0 saturated carbocycles. The Bertz CT molecular complexity index is 1860. The molecule has 44 heavy (non-hydrogen) atoms. The first-order chi connectivity index (χ1) is 20.7. The van der Waals surface area contributed by atoms with E-state index in [9.17, 15) is 21.2 Å². The Hall–Kier alpha value is -2.93. The summed E-state index contributed by atoms with van der Waals surface area (Å²) in [5.74, 6) is -1.49. The molecule has 0 heterocycles. The first-order valence-electron chi connectivity index (χ1n) is 13.1. The van der Waals surface area contributed by atoms with Gasteiger partial charge >= 0.3 is 0 Å². The van der Waals surface area contributed by atoms with Crippen molar-refractivity contribution < 1.29 is 30.4 Å². The maximum Gasteiger partial charge on any atom is 0.264 e. The molecule has 0 spiro atoms. The summed E-state index contributed by atoms with van der Waals surface area (Å²) in [6, 6.07) is 17.4. The van der Waals surface area contributed by atoms with E-state index < -0.39 is 43.4 Å². The minimum Gasteiger partial charge on any atom is -0.493 e. The fourth-order valence-electron chi connectivity index (χ4n) is 4.41. The number of sulfonamides is 2. The molecule has 0 amide bonds. The smallest absolute Gasteiger partial charge is 0.264 e. The zero-order valence-corrected chi connectivity index (χ0v) is 27.3. The highest BCUT2D eigenvalue weighted by molar-refractivity contribution is 7.92. The van der Waals surface area contributed by atoms with Gasteiger partial charge in [0.2, 0.25) is 10.0 Å². The van der Waals surface area contributed by atoms with Crippen LogP contribution in [0.15, 0.2) is 94.7 Å². The molecule has 0 aliphatic heterocycles. The largest absolute Gasteiger partial charge is 0.493 e. The van der Waals surface area contributed by atoms with Crippen LogP contribution < -0.4 is 9.04 Å². The molecule has 4 aromatic carbocycles. The maximum absolute atomic E-state index is 15.1. The summed E-state index contributed by atoms with van der Waals surface area (Å²) in [6.07, 6.45) is 0.269. The van der Waals surface area contributed by atoms with Crippen molar-refractivity contribution in [2.24, 2.45) is 0 Å². The Morgan fingerprint density at radius 3 is 2.14 bits per heavy atom. The van der Waals surface area contributed by atoms with Crippen LogP contribution >= 0.6 is 34.8 Å². The van der Waals surface area contributed by atoms with E-state index in [1.807, 2.05) is 0 Å². The number of hydrogen-bond acceptors (Lipinski definition) is 5. The number of ether oxygens (including phenoxy) is 1. The lowest BCUT2D eigenvalue weighted by molar-refractivity contribution is 0.292. The number of halogens is 5. The lowest BCUT2D eigenvalue weighted by Gasteiger charge is -2.32. The van der Waals surface area contributed by atoms with Gasteiger partial charge in [0.1, 0.15) is 17.4 Å². The van der Waals surface area contributed by atoms with Gasteiger partial charge in [-0.25, -0.2) is 29.9 Å². The maximum atomic E-state index is 15.1. The average molecular weight is 704 g/mol. The van der Waals surface area contributed by atoms with Gasteiger partial charge in [-0.2, -0.15) is 0 Å². The molecule has 0 aromatic heterocycles. The van der Waals surface area contributed by atoms with Gasteiger partial charge in [0.05, 0.1) is 38.2 Å². The topological polar surface area (TPSA) is 84.0 Å². The van der Waals surface area contributed by atoms with Gasteiger partial charge in [-0.15, -0.1) is 0 Å². The highest BCUT2D eigenvalue weighted by Crippen LogP contribution is 2.38. The Morgan fingerprint density at radius 2 is 1.45 bits per heavy atom. The molecule has 4 aromatic rings. The van der Waals surface area contributed by atoms with Gasteiger partial charge in [-0.05, 0) is 74.0 Å². The van der Waals surface area contributed by atoms with Gasteiger partial charge in [0.15, 0.2) is 0 Å². The van der Waals surface area contributed by atoms with Crippen molar-refractivity contribution in [1.29, 1.82) is 0 Å². The molecule has 0 radical (unpaired) electrons. The minimum atomic E-state index is -4.44. The molecule has 0 bridgehead atoms. The zero-order chi connectivity index (χ0) is 32.2. The summed E-state index contributed by atoms with van der Waals surface area (Å²) in [4.78, 5) is -0.192. The van der Waals surface area contributed by atoms with E-state index in [-0.39, 0.29) is 45.2 Å². The van der Waals surface area contributed by atoms with Crippen LogP contribution in [0.3, 0.4) is 0 Å². The van der Waals surface area contributed by atoms with Crippen molar-refractivity contribution in [3.05, 3.63) is 117 Å². The third kappa shape index (κ3) is 7.47. The van der Waals surface area contributed by atoms with Gasteiger partial charge in [0.25, 0.3) is 10.0 Å². The molecule has 1 atom stereocenters. The Balaban J connectivity index is 1.58. The monoisotopic (exact) mass is 702 g/mol. The molecule has 4 rings (SSSR count). The van der Waals surface area contributed by atoms with E-state index in [1.165, 1.54) is 56.4 Å². The summed E-state index contributed by atoms with van der Waals surface area (Å²) in [5, 5.41) is 0.643. The van der Waals surface area contributed by atoms with Crippen LogP contribution in [0.4, 0.5) is 14.5 Å². The van der Waals surface area contributed by atoms with E-state index in [1.54, 1.807) is 24.3 Å². The average Bonchev–Trinajstić information content (AvgIpc) is 2.98. The second-order valence-corrected chi connectivity index (χ2v) is 14.8. The Morgan fingerprint density at radius 1 is 0.795 bits per heavy atom. The molecule has 0 aliphatic rings. The second-order valence-electron chi connectivity index (χ2n) is 9.67. The highest BCUT2D eigenvalue weighted by Gasteiger charge is 2.34. The summed E-state index contributed by atoms with van der Waals surface area (Å²) < 4.78 is 91.0. The van der Waals surface area contributed by atoms with E-state index in [0.717, 1.165) is 26.8 Å². The van der Waals surface area contributed by atoms with Gasteiger partial charge in [-0.1, -0.05) is 53.0 Å². The summed E-state index contributed by atoms with van der Waals surface area (Å²) >= 11 is 17.8. The molecular weight excluding hydrogens is 677 g/mol. The van der Waals surface area contributed by atoms with E-state index >= 15 is 4.39 Å². The van der Waals surface area contributed by atoms with E-state index in [4.69, 9.17) is 39.5 Å². The number of benzene rings is 4. The first-order valence-corrected chi connectivity index (χ1v) is 17.1. The predicted molar refractivity (Wildman–Crippen MR) is 169 cm³/mol. The third-order valence-corrected chi connectivity index (χ3v) is 11.5. The minimum absolute atomic E-state index is 0.0129. The lowest BCUT2D eigenvalue weighted by atomic mass is 10.1. The first kappa shape index (κ1) is 34.0. The fourth-order valence-corrected chi connectivity index (χ4v) is 7.77. The van der Waals surface area contributed by atoms with Crippen LogP contribution in [0, 0.1) is 11.6 Å². The van der Waals surface area contributed by atoms with Crippen molar-refractivity contribution in [1.82, 2.24) is 4.31 Å². The van der Waals surface area contributed by atoms with Gasteiger partial charge in [-0.3, -0.25) is 4.31 Å². The molecule has 7 nitrogen and oxygen atoms in total. The van der Waals surface area contributed by atoms with Crippen LogP contribution in [-0.4, -0.2) is 41.3 Å². The molecule has 1 unspecified atom stereocenters. The summed E-state index contributed by atoms with van der Waals surface area (Å²) in [6.45, 7) is 1.67. The van der Waals surface area contributed by atoms with Crippen LogP contribution in [0.1, 0.15) is 24.9 Å².